The summed E-state index contributed by atoms with van der Waals surface area (Å²) in [7, 11) is 0. The minimum absolute atomic E-state index is 0.0115. The number of hydrogen-bond acceptors (Lipinski definition) is 2. The zero-order chi connectivity index (χ0) is 19.2. The molecule has 2 aromatic carbocycles. The van der Waals surface area contributed by atoms with Gasteiger partial charge in [-0.05, 0) is 30.7 Å². The second kappa shape index (κ2) is 8.66. The van der Waals surface area contributed by atoms with Gasteiger partial charge in [-0.15, -0.1) is 0 Å². The predicted molar refractivity (Wildman–Crippen MR) is 104 cm³/mol. The molecule has 142 valence electrons. The lowest BCUT2D eigenvalue weighted by Gasteiger charge is -2.25. The minimum Gasteiger partial charge on any atom is -0.313 e. The van der Waals surface area contributed by atoms with E-state index in [1.54, 1.807) is 23.1 Å². The first-order chi connectivity index (χ1) is 13.1. The molecule has 0 aromatic heterocycles. The molecule has 27 heavy (non-hydrogen) atoms. The van der Waals surface area contributed by atoms with E-state index in [4.69, 9.17) is 0 Å². The van der Waals surface area contributed by atoms with Gasteiger partial charge in [0.25, 0.3) is 0 Å². The van der Waals surface area contributed by atoms with Crippen molar-refractivity contribution in [2.24, 2.45) is 0 Å². The Morgan fingerprint density at radius 1 is 1.07 bits per heavy atom. The summed E-state index contributed by atoms with van der Waals surface area (Å²) in [6.45, 7) is 3.44. The number of para-hydroxylation sites is 2. The summed E-state index contributed by atoms with van der Waals surface area (Å²) in [6.07, 6.45) is 1.86. The van der Waals surface area contributed by atoms with E-state index in [0.29, 0.717) is 19.6 Å². The third-order valence-corrected chi connectivity index (χ3v) is 4.67. The van der Waals surface area contributed by atoms with Gasteiger partial charge in [0, 0.05) is 25.3 Å². The van der Waals surface area contributed by atoms with E-state index in [2.05, 4.69) is 6.92 Å². The number of halogens is 1. The molecule has 6 heteroatoms. The third kappa shape index (κ3) is 4.27. The van der Waals surface area contributed by atoms with Crippen molar-refractivity contribution in [3.05, 3.63) is 60.4 Å². The van der Waals surface area contributed by atoms with Crippen molar-refractivity contribution in [2.45, 2.75) is 19.8 Å². The highest BCUT2D eigenvalue weighted by molar-refractivity contribution is 6.00. The number of benzene rings is 2. The first kappa shape index (κ1) is 18.9. The highest BCUT2D eigenvalue weighted by atomic mass is 19.1. The molecule has 2 aromatic rings. The van der Waals surface area contributed by atoms with E-state index >= 15 is 0 Å². The fourth-order valence-corrected chi connectivity index (χ4v) is 3.19. The molecule has 5 nitrogen and oxygen atoms in total. The van der Waals surface area contributed by atoms with Gasteiger partial charge in [-0.2, -0.15) is 0 Å². The largest absolute Gasteiger partial charge is 0.325 e. The lowest BCUT2D eigenvalue weighted by atomic mass is 10.2. The summed E-state index contributed by atoms with van der Waals surface area (Å²) >= 11 is 0. The summed E-state index contributed by atoms with van der Waals surface area (Å²) in [5.74, 6) is -0.564. The Kier molecular flexibility index (Phi) is 6.06. The number of hydrogen-bond donors (Lipinski definition) is 0. The second-order valence-electron chi connectivity index (χ2n) is 6.54. The molecule has 3 rings (SSSR count). The summed E-state index contributed by atoms with van der Waals surface area (Å²) < 4.78 is 14.0. The van der Waals surface area contributed by atoms with Crippen molar-refractivity contribution in [1.82, 2.24) is 4.90 Å². The van der Waals surface area contributed by atoms with Crippen LogP contribution in [0.2, 0.25) is 0 Å². The Morgan fingerprint density at radius 3 is 2.48 bits per heavy atom. The number of unbranched alkanes of at least 4 members (excludes halogenated alkanes) is 1. The van der Waals surface area contributed by atoms with Gasteiger partial charge < -0.3 is 9.80 Å². The molecule has 0 radical (unpaired) electrons. The Bertz CT molecular complexity index is 797. The molecular weight excluding hydrogens is 345 g/mol. The summed E-state index contributed by atoms with van der Waals surface area (Å²) in [4.78, 5) is 30.2. The number of urea groups is 1. The van der Waals surface area contributed by atoms with Crippen LogP contribution < -0.4 is 9.80 Å². The van der Waals surface area contributed by atoms with E-state index < -0.39 is 5.82 Å². The van der Waals surface area contributed by atoms with Gasteiger partial charge in [0.15, 0.2) is 0 Å². The fourth-order valence-electron chi connectivity index (χ4n) is 3.19. The zero-order valence-electron chi connectivity index (χ0n) is 15.5. The van der Waals surface area contributed by atoms with Crippen LogP contribution in [-0.4, -0.2) is 43.0 Å². The summed E-state index contributed by atoms with van der Waals surface area (Å²) in [5.41, 5.74) is 1.08. The number of anilines is 2. The standard InChI is InChI=1S/C21H24FN3O2/c1-2-3-13-24(17-9-5-4-6-10-17)20(26)16-23-14-15-25(21(23)27)19-12-8-7-11-18(19)22/h4-12H,2-3,13-16H2,1H3. The molecule has 0 N–H and O–H groups in total. The number of carbonyl (C=O) groups is 2. The third-order valence-electron chi connectivity index (χ3n) is 4.67. The van der Waals surface area contributed by atoms with Crippen LogP contribution in [0, 0.1) is 5.82 Å². The van der Waals surface area contributed by atoms with E-state index in [1.165, 1.54) is 15.9 Å². The molecule has 3 amide bonds. The Balaban J connectivity index is 1.71. The Morgan fingerprint density at radius 2 is 1.78 bits per heavy atom. The van der Waals surface area contributed by atoms with E-state index in [1.807, 2.05) is 30.3 Å². The van der Waals surface area contributed by atoms with Gasteiger partial charge >= 0.3 is 6.03 Å². The molecule has 1 aliphatic rings. The van der Waals surface area contributed by atoms with Crippen LogP contribution in [0.4, 0.5) is 20.6 Å². The highest BCUT2D eigenvalue weighted by Crippen LogP contribution is 2.23. The number of nitrogens with zero attached hydrogens (tertiary/aromatic N) is 3. The molecule has 1 aliphatic heterocycles. The first-order valence-corrected chi connectivity index (χ1v) is 9.28. The van der Waals surface area contributed by atoms with Crippen LogP contribution in [0.1, 0.15) is 19.8 Å². The molecule has 0 atom stereocenters. The lowest BCUT2D eigenvalue weighted by molar-refractivity contribution is -0.119. The smallest absolute Gasteiger partial charge is 0.313 e. The van der Waals surface area contributed by atoms with Gasteiger partial charge in [0.1, 0.15) is 12.4 Å². The van der Waals surface area contributed by atoms with Gasteiger partial charge in [0.2, 0.25) is 5.91 Å². The molecule has 0 spiro atoms. The molecule has 1 fully saturated rings. The van der Waals surface area contributed by atoms with Crippen molar-refractivity contribution < 1.29 is 14.0 Å². The Labute approximate surface area is 159 Å². The number of rotatable bonds is 7. The van der Waals surface area contributed by atoms with E-state index in [9.17, 15) is 14.0 Å². The predicted octanol–water partition coefficient (Wildman–Crippen LogP) is 3.90. The molecule has 0 aliphatic carbocycles. The van der Waals surface area contributed by atoms with E-state index in [0.717, 1.165) is 18.5 Å². The fraction of sp³-hybridized carbons (Fsp3) is 0.333. The number of carbonyl (C=O) groups excluding carboxylic acids is 2. The van der Waals surface area contributed by atoms with Crippen LogP contribution in [0.3, 0.4) is 0 Å². The lowest BCUT2D eigenvalue weighted by Crippen LogP contribution is -2.42. The SMILES string of the molecule is CCCCN(C(=O)CN1CCN(c2ccccc2F)C1=O)c1ccccc1. The van der Waals surface area contributed by atoms with Crippen molar-refractivity contribution in [1.29, 1.82) is 0 Å². The zero-order valence-corrected chi connectivity index (χ0v) is 15.5. The molecule has 1 heterocycles. The average molecular weight is 369 g/mol. The van der Waals surface area contributed by atoms with Crippen LogP contribution >= 0.6 is 0 Å². The summed E-state index contributed by atoms with van der Waals surface area (Å²) in [5, 5.41) is 0. The van der Waals surface area contributed by atoms with Gasteiger partial charge in [-0.3, -0.25) is 9.69 Å². The molecule has 0 bridgehead atoms. The van der Waals surface area contributed by atoms with Gasteiger partial charge in [-0.1, -0.05) is 43.7 Å². The average Bonchev–Trinajstić information content (AvgIpc) is 3.03. The van der Waals surface area contributed by atoms with Crippen molar-refractivity contribution in [2.75, 3.05) is 36.0 Å². The van der Waals surface area contributed by atoms with Gasteiger partial charge in [-0.25, -0.2) is 9.18 Å². The van der Waals surface area contributed by atoms with Crippen LogP contribution in [0.25, 0.3) is 0 Å². The van der Waals surface area contributed by atoms with Crippen molar-refractivity contribution in [3.63, 3.8) is 0 Å². The van der Waals surface area contributed by atoms with Gasteiger partial charge in [0.05, 0.1) is 5.69 Å². The topological polar surface area (TPSA) is 43.9 Å². The number of amides is 3. The first-order valence-electron chi connectivity index (χ1n) is 9.28. The maximum atomic E-state index is 14.0. The molecule has 0 saturated carbocycles. The molecular formula is C21H24FN3O2. The normalized spacial score (nSPS) is 13.9. The van der Waals surface area contributed by atoms with Crippen molar-refractivity contribution >= 4 is 23.3 Å². The van der Waals surface area contributed by atoms with Crippen molar-refractivity contribution in [3.8, 4) is 0 Å². The molecule has 0 unspecified atom stereocenters. The summed E-state index contributed by atoms with van der Waals surface area (Å²) in [6, 6.07) is 15.3. The Hall–Kier alpha value is -2.89. The van der Waals surface area contributed by atoms with Crippen LogP contribution in [0.5, 0.6) is 0 Å². The maximum absolute atomic E-state index is 14.0. The molecule has 1 saturated heterocycles. The van der Waals surface area contributed by atoms with E-state index in [-0.39, 0.29) is 24.2 Å². The second-order valence-corrected chi connectivity index (χ2v) is 6.54. The van der Waals surface area contributed by atoms with Crippen LogP contribution in [-0.2, 0) is 4.79 Å². The quantitative estimate of drug-likeness (QED) is 0.743. The minimum atomic E-state index is -0.437. The van der Waals surface area contributed by atoms with Crippen LogP contribution in [0.15, 0.2) is 54.6 Å². The monoisotopic (exact) mass is 369 g/mol. The highest BCUT2D eigenvalue weighted by Gasteiger charge is 2.33. The maximum Gasteiger partial charge on any atom is 0.325 e.